The predicted molar refractivity (Wildman–Crippen MR) is 106 cm³/mol. The Bertz CT molecular complexity index is 1000. The van der Waals surface area contributed by atoms with Gasteiger partial charge in [-0.15, -0.1) is 5.10 Å². The molecule has 0 saturated carbocycles. The molecule has 0 unspecified atom stereocenters. The molecule has 1 aromatic heterocycles. The lowest BCUT2D eigenvalue weighted by molar-refractivity contribution is 0.0991. The van der Waals surface area contributed by atoms with Crippen molar-refractivity contribution in [3.63, 3.8) is 0 Å². The average molecular weight is 397 g/mol. The van der Waals surface area contributed by atoms with Gasteiger partial charge in [-0.3, -0.25) is 4.79 Å². The van der Waals surface area contributed by atoms with E-state index >= 15 is 0 Å². The highest BCUT2D eigenvalue weighted by Gasteiger charge is 2.16. The van der Waals surface area contributed by atoms with Gasteiger partial charge in [0.05, 0.1) is 13.2 Å². The Morgan fingerprint density at radius 3 is 2.52 bits per heavy atom. The molecule has 4 rings (SSSR count). The number of morpholine rings is 1. The number of aromatic nitrogens is 2. The number of anilines is 4. The molecule has 3 aromatic rings. The smallest absolute Gasteiger partial charge is 0.320 e. The van der Waals surface area contributed by atoms with Gasteiger partial charge >= 0.3 is 17.8 Å². The second-order valence-corrected chi connectivity index (χ2v) is 6.60. The molecule has 150 valence electrons. The van der Waals surface area contributed by atoms with Crippen molar-refractivity contribution in [1.29, 1.82) is 0 Å². The second-order valence-electron chi connectivity index (χ2n) is 6.60. The molecule has 0 aliphatic carbocycles. The first-order valence-corrected chi connectivity index (χ1v) is 9.19. The topological polar surface area (TPSA) is 92.5 Å². The lowest BCUT2D eigenvalue weighted by Gasteiger charge is -2.28. The van der Waals surface area contributed by atoms with Gasteiger partial charge in [0, 0.05) is 30.2 Å². The first-order valence-electron chi connectivity index (χ1n) is 9.19. The summed E-state index contributed by atoms with van der Waals surface area (Å²) in [5.74, 6) is -0.996. The minimum atomic E-state index is -0.514. The minimum Gasteiger partial charge on any atom is -0.399 e. The molecule has 8 nitrogen and oxygen atoms in total. The molecule has 0 atom stereocenters. The molecule has 1 fully saturated rings. The largest absolute Gasteiger partial charge is 0.399 e. The van der Waals surface area contributed by atoms with Crippen LogP contribution in [-0.4, -0.2) is 42.4 Å². The third-order valence-corrected chi connectivity index (χ3v) is 4.53. The van der Waals surface area contributed by atoms with Gasteiger partial charge in [-0.2, -0.15) is 0 Å². The van der Waals surface area contributed by atoms with Crippen molar-refractivity contribution in [1.82, 2.24) is 10.2 Å². The van der Waals surface area contributed by atoms with E-state index < -0.39 is 5.91 Å². The van der Waals surface area contributed by atoms with Gasteiger partial charge < -0.3 is 24.7 Å². The first kappa shape index (κ1) is 18.9. The SMILES string of the molecule is Cc1cc(Nc2nnc(C(=O)Nc3ccc(N4CCOCC4)cc3)o2)ccc1F. The van der Waals surface area contributed by atoms with E-state index in [2.05, 4.69) is 25.7 Å². The molecular formula is C20H20FN5O3. The standard InChI is InChI=1S/C20H20FN5O3/c1-13-12-15(4-7-17(13)21)23-20-25-24-19(29-20)18(27)22-14-2-5-16(6-3-14)26-8-10-28-11-9-26/h2-7,12H,8-11H2,1H3,(H,22,27)(H,23,25). The summed E-state index contributed by atoms with van der Waals surface area (Å²) in [6.45, 7) is 4.76. The molecule has 1 aliphatic rings. The van der Waals surface area contributed by atoms with Crippen LogP contribution in [-0.2, 0) is 4.74 Å². The quantitative estimate of drug-likeness (QED) is 0.682. The number of halogens is 1. The maximum absolute atomic E-state index is 13.3. The van der Waals surface area contributed by atoms with Crippen LogP contribution in [0.25, 0.3) is 0 Å². The summed E-state index contributed by atoms with van der Waals surface area (Å²) in [7, 11) is 0. The second kappa shape index (κ2) is 8.27. The van der Waals surface area contributed by atoms with Gasteiger partial charge in [0.25, 0.3) is 0 Å². The highest BCUT2D eigenvalue weighted by molar-refractivity contribution is 6.01. The number of benzene rings is 2. The van der Waals surface area contributed by atoms with E-state index in [1.165, 1.54) is 6.07 Å². The molecule has 2 heterocycles. The van der Waals surface area contributed by atoms with Crippen LogP contribution in [0.4, 0.5) is 27.5 Å². The van der Waals surface area contributed by atoms with Gasteiger partial charge in [-0.1, -0.05) is 5.10 Å². The molecule has 29 heavy (non-hydrogen) atoms. The van der Waals surface area contributed by atoms with Crippen molar-refractivity contribution >= 4 is 29.0 Å². The number of nitrogens with zero attached hydrogens (tertiary/aromatic N) is 3. The zero-order valence-electron chi connectivity index (χ0n) is 15.8. The summed E-state index contributed by atoms with van der Waals surface area (Å²) in [5, 5.41) is 13.1. The first-order chi connectivity index (χ1) is 14.1. The van der Waals surface area contributed by atoms with Crippen LogP contribution in [0, 0.1) is 12.7 Å². The minimum absolute atomic E-state index is 0.0452. The monoisotopic (exact) mass is 397 g/mol. The normalized spacial score (nSPS) is 13.9. The Morgan fingerprint density at radius 1 is 1.07 bits per heavy atom. The number of hydrogen-bond donors (Lipinski definition) is 2. The Balaban J connectivity index is 1.38. The molecule has 1 amide bonds. The molecule has 1 saturated heterocycles. The number of amides is 1. The van der Waals surface area contributed by atoms with Crippen molar-refractivity contribution in [2.45, 2.75) is 6.92 Å². The molecule has 0 radical (unpaired) electrons. The lowest BCUT2D eigenvalue weighted by atomic mass is 10.2. The van der Waals surface area contributed by atoms with E-state index in [0.29, 0.717) is 30.2 Å². The molecule has 2 N–H and O–H groups in total. The zero-order chi connectivity index (χ0) is 20.2. The molecule has 9 heteroatoms. The molecular weight excluding hydrogens is 377 g/mol. The summed E-state index contributed by atoms with van der Waals surface area (Å²) >= 11 is 0. The van der Waals surface area contributed by atoms with Crippen LogP contribution in [0.3, 0.4) is 0 Å². The number of rotatable bonds is 5. The highest BCUT2D eigenvalue weighted by Crippen LogP contribution is 2.21. The van der Waals surface area contributed by atoms with E-state index in [1.807, 2.05) is 24.3 Å². The Morgan fingerprint density at radius 2 is 1.79 bits per heavy atom. The van der Waals surface area contributed by atoms with E-state index in [9.17, 15) is 9.18 Å². The van der Waals surface area contributed by atoms with Crippen molar-refractivity contribution in [2.75, 3.05) is 41.8 Å². The highest BCUT2D eigenvalue weighted by atomic mass is 19.1. The number of hydrogen-bond acceptors (Lipinski definition) is 7. The van der Waals surface area contributed by atoms with E-state index in [1.54, 1.807) is 19.1 Å². The Hall–Kier alpha value is -3.46. The van der Waals surface area contributed by atoms with Crippen LogP contribution >= 0.6 is 0 Å². The van der Waals surface area contributed by atoms with Crippen molar-refractivity contribution < 1.29 is 18.3 Å². The number of nitrogens with one attached hydrogen (secondary N) is 2. The fraction of sp³-hybridized carbons (Fsp3) is 0.250. The van der Waals surface area contributed by atoms with Gasteiger partial charge in [0.1, 0.15) is 5.82 Å². The van der Waals surface area contributed by atoms with Crippen LogP contribution in [0.5, 0.6) is 0 Å². The van der Waals surface area contributed by atoms with Crippen molar-refractivity contribution in [3.8, 4) is 0 Å². The van der Waals surface area contributed by atoms with Crippen LogP contribution in [0.1, 0.15) is 16.2 Å². The maximum Gasteiger partial charge on any atom is 0.320 e. The van der Waals surface area contributed by atoms with Crippen LogP contribution in [0.15, 0.2) is 46.9 Å². The van der Waals surface area contributed by atoms with E-state index in [-0.39, 0.29) is 17.7 Å². The number of carbonyl (C=O) groups excluding carboxylic acids is 1. The molecule has 2 aromatic carbocycles. The number of ether oxygens (including phenoxy) is 1. The number of aryl methyl sites for hydroxylation is 1. The molecule has 1 aliphatic heterocycles. The summed E-state index contributed by atoms with van der Waals surface area (Å²) in [4.78, 5) is 14.6. The van der Waals surface area contributed by atoms with Crippen LogP contribution < -0.4 is 15.5 Å². The summed E-state index contributed by atoms with van der Waals surface area (Å²) < 4.78 is 24.0. The molecule has 0 spiro atoms. The van der Waals surface area contributed by atoms with E-state index in [0.717, 1.165) is 18.8 Å². The third-order valence-electron chi connectivity index (χ3n) is 4.53. The predicted octanol–water partition coefficient (Wildman–Crippen LogP) is 3.35. The van der Waals surface area contributed by atoms with Gasteiger partial charge in [-0.05, 0) is 55.0 Å². The summed E-state index contributed by atoms with van der Waals surface area (Å²) in [5.41, 5.74) is 2.75. The summed E-state index contributed by atoms with van der Waals surface area (Å²) in [6.07, 6.45) is 0. The fourth-order valence-electron chi connectivity index (χ4n) is 2.97. The third kappa shape index (κ3) is 4.52. The van der Waals surface area contributed by atoms with Gasteiger partial charge in [0.2, 0.25) is 0 Å². The maximum atomic E-state index is 13.3. The van der Waals surface area contributed by atoms with Crippen LogP contribution in [0.2, 0.25) is 0 Å². The van der Waals surface area contributed by atoms with Crippen molar-refractivity contribution in [2.24, 2.45) is 0 Å². The summed E-state index contributed by atoms with van der Waals surface area (Å²) in [6, 6.07) is 12.1. The lowest BCUT2D eigenvalue weighted by Crippen LogP contribution is -2.36. The molecule has 0 bridgehead atoms. The van der Waals surface area contributed by atoms with E-state index in [4.69, 9.17) is 9.15 Å². The Labute approximate surface area is 166 Å². The van der Waals surface area contributed by atoms with Gasteiger partial charge in [0.15, 0.2) is 0 Å². The Kier molecular flexibility index (Phi) is 5.39. The van der Waals surface area contributed by atoms with Gasteiger partial charge in [-0.25, -0.2) is 4.39 Å². The number of carbonyl (C=O) groups is 1. The average Bonchev–Trinajstić information content (AvgIpc) is 3.21. The fourth-order valence-corrected chi connectivity index (χ4v) is 2.97. The zero-order valence-corrected chi connectivity index (χ0v) is 15.8. The van der Waals surface area contributed by atoms with Crippen molar-refractivity contribution in [3.05, 3.63) is 59.7 Å².